The number of carbonyl (C=O) groups excluding carboxylic acids is 2. The van der Waals surface area contributed by atoms with Gasteiger partial charge in [0, 0.05) is 9.26 Å². The molecule has 0 unspecified atom stereocenters. The molecule has 1 fully saturated rings. The lowest BCUT2D eigenvalue weighted by Crippen LogP contribution is -2.24. The molecule has 2 rings (SSSR count). The van der Waals surface area contributed by atoms with E-state index in [4.69, 9.17) is 0 Å². The molecule has 1 aliphatic heterocycles. The summed E-state index contributed by atoms with van der Waals surface area (Å²) >= 11 is 2.24. The summed E-state index contributed by atoms with van der Waals surface area (Å²) in [6, 6.07) is 5.78. The molecule has 1 aliphatic rings. The zero-order valence-corrected chi connectivity index (χ0v) is 10.4. The van der Waals surface area contributed by atoms with E-state index in [1.54, 1.807) is 4.90 Å². The molecule has 1 heterocycles. The molecule has 0 radical (unpaired) electrons. The normalized spacial score (nSPS) is 16.3. The van der Waals surface area contributed by atoms with Crippen LogP contribution in [-0.2, 0) is 9.59 Å². The third-order valence-electron chi connectivity index (χ3n) is 2.44. The average Bonchev–Trinajstić information content (AvgIpc) is 2.50. The Hall–Kier alpha value is -0.910. The summed E-state index contributed by atoms with van der Waals surface area (Å²) < 4.78 is 1.16. The highest BCUT2D eigenvalue weighted by Crippen LogP contribution is 2.23. The number of rotatable bonds is 1. The van der Waals surface area contributed by atoms with Crippen molar-refractivity contribution in [2.45, 2.75) is 13.3 Å². The molecule has 1 amide bonds. The number of aryl methyl sites for hydroxylation is 1. The molecule has 0 bridgehead atoms. The first-order valence-corrected chi connectivity index (χ1v) is 5.74. The van der Waals surface area contributed by atoms with Crippen molar-refractivity contribution < 1.29 is 9.59 Å². The van der Waals surface area contributed by atoms with Gasteiger partial charge in [0.2, 0.25) is 5.91 Å². The van der Waals surface area contributed by atoms with Gasteiger partial charge in [-0.2, -0.15) is 0 Å². The summed E-state index contributed by atoms with van der Waals surface area (Å²) in [5, 5.41) is 0. The second kappa shape index (κ2) is 3.92. The number of nitrogens with zero attached hydrogens (tertiary/aromatic N) is 1. The minimum atomic E-state index is -0.0967. The molecule has 15 heavy (non-hydrogen) atoms. The molecule has 78 valence electrons. The van der Waals surface area contributed by atoms with Crippen molar-refractivity contribution in [2.24, 2.45) is 0 Å². The number of hydrogen-bond acceptors (Lipinski definition) is 2. The third-order valence-corrected chi connectivity index (χ3v) is 3.65. The zero-order chi connectivity index (χ0) is 11.0. The zero-order valence-electron chi connectivity index (χ0n) is 8.29. The maximum Gasteiger partial charge on any atom is 0.234 e. The Bertz CT molecular complexity index is 442. The van der Waals surface area contributed by atoms with Crippen molar-refractivity contribution in [2.75, 3.05) is 11.4 Å². The van der Waals surface area contributed by atoms with Crippen LogP contribution in [0.5, 0.6) is 0 Å². The Morgan fingerprint density at radius 2 is 2.07 bits per heavy atom. The number of Topliss-reactive ketones (excluding diaryl/α,β-unsaturated/α-hetero) is 1. The Morgan fingerprint density at radius 3 is 2.60 bits per heavy atom. The summed E-state index contributed by atoms with van der Waals surface area (Å²) in [4.78, 5) is 24.2. The molecular weight excluding hydrogens is 305 g/mol. The smallest absolute Gasteiger partial charge is 0.234 e. The quantitative estimate of drug-likeness (QED) is 0.586. The highest BCUT2D eigenvalue weighted by Gasteiger charge is 2.28. The lowest BCUT2D eigenvalue weighted by Gasteiger charge is -2.15. The Labute approximate surface area is 102 Å². The van der Waals surface area contributed by atoms with Gasteiger partial charge in [-0.3, -0.25) is 9.59 Å². The fourth-order valence-corrected chi connectivity index (χ4v) is 1.95. The summed E-state index contributed by atoms with van der Waals surface area (Å²) in [7, 11) is 0. The van der Waals surface area contributed by atoms with E-state index in [-0.39, 0.29) is 24.7 Å². The van der Waals surface area contributed by atoms with E-state index >= 15 is 0 Å². The van der Waals surface area contributed by atoms with Crippen LogP contribution in [0, 0.1) is 10.5 Å². The van der Waals surface area contributed by atoms with Crippen LogP contribution in [0.15, 0.2) is 18.2 Å². The number of ketones is 1. The molecule has 0 aliphatic carbocycles. The number of carbonyl (C=O) groups is 2. The Kier molecular flexibility index (Phi) is 2.77. The molecule has 3 nitrogen and oxygen atoms in total. The van der Waals surface area contributed by atoms with Crippen LogP contribution in [0.2, 0.25) is 0 Å². The number of anilines is 1. The molecule has 1 aromatic rings. The first-order chi connectivity index (χ1) is 7.08. The topological polar surface area (TPSA) is 37.4 Å². The highest BCUT2D eigenvalue weighted by atomic mass is 127. The van der Waals surface area contributed by atoms with Gasteiger partial charge in [-0.25, -0.2) is 0 Å². The van der Waals surface area contributed by atoms with E-state index in [9.17, 15) is 9.59 Å². The van der Waals surface area contributed by atoms with Crippen LogP contribution < -0.4 is 4.90 Å². The monoisotopic (exact) mass is 315 g/mol. The molecule has 0 aromatic heterocycles. The van der Waals surface area contributed by atoms with Crippen molar-refractivity contribution >= 4 is 40.0 Å². The maximum atomic E-state index is 11.5. The van der Waals surface area contributed by atoms with Crippen molar-refractivity contribution in [3.8, 4) is 0 Å². The average molecular weight is 315 g/mol. The van der Waals surface area contributed by atoms with Gasteiger partial charge in [0.1, 0.15) is 0 Å². The first-order valence-electron chi connectivity index (χ1n) is 4.66. The number of hydrogen-bond donors (Lipinski definition) is 0. The summed E-state index contributed by atoms with van der Waals surface area (Å²) in [6.07, 6.45) is 0.0467. The summed E-state index contributed by atoms with van der Waals surface area (Å²) in [5.74, 6) is -0.100. The number of benzene rings is 1. The number of halogens is 1. The molecule has 0 atom stereocenters. The van der Waals surface area contributed by atoms with Crippen LogP contribution >= 0.6 is 22.6 Å². The molecule has 1 saturated heterocycles. The van der Waals surface area contributed by atoms with E-state index in [0.717, 1.165) is 14.8 Å². The van der Waals surface area contributed by atoms with Gasteiger partial charge < -0.3 is 4.90 Å². The van der Waals surface area contributed by atoms with Gasteiger partial charge in [-0.15, -0.1) is 0 Å². The van der Waals surface area contributed by atoms with Gasteiger partial charge >= 0.3 is 0 Å². The highest BCUT2D eigenvalue weighted by molar-refractivity contribution is 14.1. The van der Waals surface area contributed by atoms with Gasteiger partial charge in [-0.05, 0) is 53.3 Å². The largest absolute Gasteiger partial charge is 0.305 e. The van der Waals surface area contributed by atoms with Crippen molar-refractivity contribution in [3.05, 3.63) is 27.3 Å². The third kappa shape index (κ3) is 2.04. The molecule has 0 spiro atoms. The SMILES string of the molecule is Cc1cc(N2CC(=O)CC2=O)ccc1I. The molecule has 0 N–H and O–H groups in total. The van der Waals surface area contributed by atoms with Crippen LogP contribution in [0.25, 0.3) is 0 Å². The van der Waals surface area contributed by atoms with Crippen LogP contribution in [0.1, 0.15) is 12.0 Å². The summed E-state index contributed by atoms with van der Waals surface area (Å²) in [6.45, 7) is 2.21. The first kappa shape index (κ1) is 10.6. The van der Waals surface area contributed by atoms with Crippen LogP contribution in [0.4, 0.5) is 5.69 Å². The molecule has 4 heteroatoms. The molecular formula is C11H10INO2. The second-order valence-electron chi connectivity index (χ2n) is 3.63. The van der Waals surface area contributed by atoms with E-state index in [2.05, 4.69) is 22.6 Å². The van der Waals surface area contributed by atoms with Gasteiger partial charge in [0.15, 0.2) is 5.78 Å². The predicted octanol–water partition coefficient (Wildman–Crippen LogP) is 1.91. The lowest BCUT2D eigenvalue weighted by molar-refractivity contribution is -0.121. The summed E-state index contributed by atoms with van der Waals surface area (Å²) in [5.41, 5.74) is 1.95. The van der Waals surface area contributed by atoms with Crippen molar-refractivity contribution in [1.82, 2.24) is 0 Å². The molecule has 1 aromatic carbocycles. The van der Waals surface area contributed by atoms with Gasteiger partial charge in [0.05, 0.1) is 13.0 Å². The fourth-order valence-electron chi connectivity index (χ4n) is 1.62. The van der Waals surface area contributed by atoms with Crippen molar-refractivity contribution in [3.63, 3.8) is 0 Å². The molecule has 0 saturated carbocycles. The van der Waals surface area contributed by atoms with E-state index in [1.807, 2.05) is 25.1 Å². The maximum absolute atomic E-state index is 11.5. The van der Waals surface area contributed by atoms with Gasteiger partial charge in [-0.1, -0.05) is 0 Å². The predicted molar refractivity (Wildman–Crippen MR) is 65.9 cm³/mol. The van der Waals surface area contributed by atoms with Crippen LogP contribution in [-0.4, -0.2) is 18.2 Å². The standard InChI is InChI=1S/C11H10INO2/c1-7-4-8(2-3-10(7)12)13-6-9(14)5-11(13)15/h2-4H,5-6H2,1H3. The van der Waals surface area contributed by atoms with E-state index in [0.29, 0.717) is 0 Å². The number of amides is 1. The van der Waals surface area contributed by atoms with E-state index < -0.39 is 0 Å². The van der Waals surface area contributed by atoms with Crippen molar-refractivity contribution in [1.29, 1.82) is 0 Å². The minimum Gasteiger partial charge on any atom is -0.305 e. The minimum absolute atomic E-state index is 0.00352. The second-order valence-corrected chi connectivity index (χ2v) is 4.79. The Morgan fingerprint density at radius 1 is 1.33 bits per heavy atom. The fraction of sp³-hybridized carbons (Fsp3) is 0.273. The van der Waals surface area contributed by atoms with Gasteiger partial charge in [0.25, 0.3) is 0 Å². The Balaban J connectivity index is 2.34. The van der Waals surface area contributed by atoms with Crippen LogP contribution in [0.3, 0.4) is 0 Å². The lowest BCUT2D eigenvalue weighted by atomic mass is 10.2. The van der Waals surface area contributed by atoms with E-state index in [1.165, 1.54) is 0 Å².